The van der Waals surface area contributed by atoms with Crippen molar-refractivity contribution in [3.63, 3.8) is 0 Å². The van der Waals surface area contributed by atoms with E-state index in [4.69, 9.17) is 9.47 Å². The normalized spacial score (nSPS) is 12.2. The maximum atomic E-state index is 13.1. The van der Waals surface area contributed by atoms with E-state index < -0.39 is 43.0 Å². The van der Waals surface area contributed by atoms with Gasteiger partial charge in [0.15, 0.2) is 5.78 Å². The lowest BCUT2D eigenvalue weighted by atomic mass is 10.1. The van der Waals surface area contributed by atoms with Crippen molar-refractivity contribution in [2.75, 3.05) is 25.6 Å². The number of rotatable bonds is 22. The molecule has 3 aromatic carbocycles. The van der Waals surface area contributed by atoms with Gasteiger partial charge in [0.2, 0.25) is 11.8 Å². The molecule has 266 valence electrons. The monoisotopic (exact) mass is 722 g/mol. The van der Waals surface area contributed by atoms with Crippen LogP contribution in [0.25, 0.3) is 0 Å². The summed E-state index contributed by atoms with van der Waals surface area (Å²) >= 11 is 0.568. The van der Waals surface area contributed by atoms with Crippen LogP contribution in [0, 0.1) is 4.91 Å². The Kier molecular flexibility index (Phi) is 17.3. The zero-order chi connectivity index (χ0) is 36.2. The summed E-state index contributed by atoms with van der Waals surface area (Å²) in [4.78, 5) is 73.4. The zero-order valence-corrected chi connectivity index (χ0v) is 30.2. The second-order valence-corrected chi connectivity index (χ2v) is 15.8. The SMILES string of the molecule is CCOC(=O)CCC(=O)C(CSN=O)NC(=O)CCC(NC(=O)CCCC[P+](c1ccccc1)(c1ccccc1)c1ccccc1)C(=O)OC. The molecule has 2 amide bonds. The highest BCUT2D eigenvalue weighted by atomic mass is 32.2. The van der Waals surface area contributed by atoms with Crippen LogP contribution in [0.1, 0.15) is 51.9 Å². The van der Waals surface area contributed by atoms with Crippen LogP contribution in [0.5, 0.6) is 0 Å². The van der Waals surface area contributed by atoms with E-state index in [2.05, 4.69) is 88.0 Å². The van der Waals surface area contributed by atoms with Gasteiger partial charge in [-0.2, -0.15) is 0 Å². The molecule has 2 atom stereocenters. The van der Waals surface area contributed by atoms with Crippen molar-refractivity contribution in [3.8, 4) is 0 Å². The van der Waals surface area contributed by atoms with E-state index in [0.717, 1.165) is 12.6 Å². The molecule has 0 saturated carbocycles. The third kappa shape index (κ3) is 12.2. The van der Waals surface area contributed by atoms with Gasteiger partial charge in [0.25, 0.3) is 0 Å². The van der Waals surface area contributed by atoms with Gasteiger partial charge in [0, 0.05) is 41.5 Å². The van der Waals surface area contributed by atoms with Crippen LogP contribution in [0.3, 0.4) is 0 Å². The quantitative estimate of drug-likeness (QED) is 0.0505. The molecule has 0 radical (unpaired) electrons. The fraction of sp³-hybridized carbons (Fsp3) is 0.378. The summed E-state index contributed by atoms with van der Waals surface area (Å²) < 4.78 is 12.4. The highest BCUT2D eigenvalue weighted by Crippen LogP contribution is 2.55. The molecule has 0 heterocycles. The largest absolute Gasteiger partial charge is 0.467 e. The minimum absolute atomic E-state index is 0.0717. The number of amides is 2. The Labute approximate surface area is 298 Å². The van der Waals surface area contributed by atoms with Crippen molar-refractivity contribution >= 4 is 64.7 Å². The Morgan fingerprint density at radius 2 is 1.24 bits per heavy atom. The zero-order valence-electron chi connectivity index (χ0n) is 28.5. The molecule has 0 aromatic heterocycles. The van der Waals surface area contributed by atoms with Gasteiger partial charge in [-0.15, -0.1) is 4.91 Å². The van der Waals surface area contributed by atoms with E-state index >= 15 is 0 Å². The number of nitrogens with one attached hydrogen (secondary N) is 2. The van der Waals surface area contributed by atoms with Crippen LogP contribution in [-0.2, 0) is 33.4 Å². The van der Waals surface area contributed by atoms with E-state index in [1.807, 2.05) is 18.2 Å². The number of esters is 2. The third-order valence-corrected chi connectivity index (χ3v) is 13.2. The molecule has 0 saturated heterocycles. The summed E-state index contributed by atoms with van der Waals surface area (Å²) in [6.45, 7) is 1.82. The fourth-order valence-electron chi connectivity index (χ4n) is 5.67. The van der Waals surface area contributed by atoms with Crippen molar-refractivity contribution in [1.82, 2.24) is 10.6 Å². The number of carbonyl (C=O) groups is 5. The van der Waals surface area contributed by atoms with E-state index in [1.165, 1.54) is 23.0 Å². The maximum Gasteiger partial charge on any atom is 0.328 e. The van der Waals surface area contributed by atoms with Crippen LogP contribution >= 0.6 is 19.2 Å². The van der Waals surface area contributed by atoms with Crippen LogP contribution in [0.2, 0.25) is 0 Å². The van der Waals surface area contributed by atoms with Crippen molar-refractivity contribution in [1.29, 1.82) is 0 Å². The Morgan fingerprint density at radius 3 is 1.74 bits per heavy atom. The number of ketones is 1. The maximum absolute atomic E-state index is 13.1. The molecule has 13 heteroatoms. The number of ether oxygens (including phenoxy) is 2. The average Bonchev–Trinajstić information content (AvgIpc) is 3.15. The predicted molar refractivity (Wildman–Crippen MR) is 198 cm³/mol. The topological polar surface area (TPSA) is 157 Å². The molecule has 0 aliphatic heterocycles. The van der Waals surface area contributed by atoms with Gasteiger partial charge in [0.1, 0.15) is 29.2 Å². The van der Waals surface area contributed by atoms with Gasteiger partial charge in [-0.05, 0) is 62.6 Å². The molecule has 0 aliphatic carbocycles. The smallest absolute Gasteiger partial charge is 0.328 e. The van der Waals surface area contributed by atoms with Crippen LogP contribution in [-0.4, -0.2) is 67.3 Å². The second kappa shape index (κ2) is 21.6. The Morgan fingerprint density at radius 1 is 0.720 bits per heavy atom. The van der Waals surface area contributed by atoms with Gasteiger partial charge in [-0.1, -0.05) is 54.6 Å². The highest BCUT2D eigenvalue weighted by molar-refractivity contribution is 7.98. The Bertz CT molecular complexity index is 1450. The van der Waals surface area contributed by atoms with E-state index in [9.17, 15) is 28.9 Å². The molecule has 11 nitrogen and oxygen atoms in total. The average molecular weight is 723 g/mol. The number of unbranched alkanes of at least 4 members (excludes halogenated alkanes) is 1. The minimum Gasteiger partial charge on any atom is -0.467 e. The first-order chi connectivity index (χ1) is 24.2. The summed E-state index contributed by atoms with van der Waals surface area (Å²) in [6, 6.07) is 29.3. The van der Waals surface area contributed by atoms with Crippen molar-refractivity contribution < 1.29 is 33.4 Å². The number of hydrogen-bond donors (Lipinski definition) is 2. The lowest BCUT2D eigenvalue weighted by Gasteiger charge is -2.27. The molecular formula is C37H45N3O8PS+. The standard InChI is InChI=1S/C37H44N3O8PS/c1-3-48-36(44)25-23-33(41)32(27-50-40-46)39-35(43)24-22-31(37(45)47-2)38-34(42)21-13-14-26-49(28-15-7-4-8-16-28,29-17-9-5-10-18-29)30-19-11-6-12-20-30/h4-12,15-20,31-32H,3,13-14,21-27H2,1-2H3,(H-,38,39,42,43)/p+1. The first-order valence-electron chi connectivity index (χ1n) is 16.6. The van der Waals surface area contributed by atoms with Gasteiger partial charge >= 0.3 is 11.9 Å². The lowest BCUT2D eigenvalue weighted by Crippen LogP contribution is -2.45. The molecule has 2 unspecified atom stereocenters. The number of nitroso groups, excluding NO2 is 1. The summed E-state index contributed by atoms with van der Waals surface area (Å²) in [5.74, 6) is -2.74. The minimum atomic E-state index is -2.04. The predicted octanol–water partition coefficient (Wildman–Crippen LogP) is 4.40. The number of nitrogens with zero attached hydrogens (tertiary/aromatic N) is 1. The number of carbonyl (C=O) groups excluding carboxylic acids is 5. The van der Waals surface area contributed by atoms with Crippen molar-refractivity contribution in [2.24, 2.45) is 4.58 Å². The lowest BCUT2D eigenvalue weighted by molar-refractivity contribution is -0.145. The summed E-state index contributed by atoms with van der Waals surface area (Å²) in [5, 5.41) is 9.03. The fourth-order valence-corrected chi connectivity index (χ4v) is 10.6. The Hall–Kier alpha value is -4.41. The summed E-state index contributed by atoms with van der Waals surface area (Å²) in [6.07, 6.45) is 1.71. The van der Waals surface area contributed by atoms with Gasteiger partial charge in [-0.3, -0.25) is 19.2 Å². The first-order valence-corrected chi connectivity index (χ1v) is 19.5. The molecule has 3 aromatic rings. The molecule has 2 N–H and O–H groups in total. The number of Topliss-reactive ketones (excluding diaryl/α,β-unsaturated/α-hetero) is 1. The van der Waals surface area contributed by atoms with Crippen LogP contribution in [0.4, 0.5) is 0 Å². The van der Waals surface area contributed by atoms with Gasteiger partial charge < -0.3 is 20.1 Å². The number of benzene rings is 3. The first kappa shape index (κ1) is 40.0. The molecule has 0 bridgehead atoms. The molecule has 0 fully saturated rings. The van der Waals surface area contributed by atoms with E-state index in [1.54, 1.807) is 6.92 Å². The number of methoxy groups -OCH3 is 1. The Balaban J connectivity index is 1.61. The van der Waals surface area contributed by atoms with E-state index in [0.29, 0.717) is 18.4 Å². The summed E-state index contributed by atoms with van der Waals surface area (Å²) in [5.41, 5.74) is 0. The molecule has 0 aliphatic rings. The molecule has 3 rings (SSSR count). The van der Waals surface area contributed by atoms with Crippen molar-refractivity contribution in [2.45, 2.75) is 64.0 Å². The van der Waals surface area contributed by atoms with Crippen molar-refractivity contribution in [3.05, 3.63) is 95.9 Å². The number of hydrogen-bond acceptors (Lipinski definition) is 10. The summed E-state index contributed by atoms with van der Waals surface area (Å²) in [7, 11) is -0.846. The second-order valence-electron chi connectivity index (χ2n) is 11.4. The van der Waals surface area contributed by atoms with Gasteiger partial charge in [0.05, 0.1) is 32.3 Å². The highest BCUT2D eigenvalue weighted by Gasteiger charge is 2.44. The van der Waals surface area contributed by atoms with Crippen LogP contribution in [0.15, 0.2) is 95.6 Å². The van der Waals surface area contributed by atoms with E-state index in [-0.39, 0.29) is 50.4 Å². The molecular weight excluding hydrogens is 677 g/mol. The molecule has 50 heavy (non-hydrogen) atoms. The van der Waals surface area contributed by atoms with Gasteiger partial charge in [-0.25, -0.2) is 4.79 Å². The molecule has 0 spiro atoms. The van der Waals surface area contributed by atoms with Crippen LogP contribution < -0.4 is 26.5 Å². The third-order valence-electron chi connectivity index (χ3n) is 8.12.